The first kappa shape index (κ1) is 18.6. The molecule has 1 N–H and O–H groups in total. The van der Waals surface area contributed by atoms with Crippen molar-refractivity contribution in [2.24, 2.45) is 0 Å². The third kappa shape index (κ3) is 2.83. The SMILES string of the molecule is CSc1nnc2c(n1)O[C@H](c1c(C)[nH]c3ccccc13)N(C(C)=O)c1ccccc1-2. The van der Waals surface area contributed by atoms with Gasteiger partial charge in [-0.2, -0.15) is 4.98 Å². The minimum absolute atomic E-state index is 0.136. The van der Waals surface area contributed by atoms with Crippen molar-refractivity contribution < 1.29 is 9.53 Å². The minimum atomic E-state index is -0.701. The van der Waals surface area contributed by atoms with Crippen LogP contribution in [0.2, 0.25) is 0 Å². The van der Waals surface area contributed by atoms with Crippen LogP contribution in [-0.2, 0) is 4.79 Å². The smallest absolute Gasteiger partial charge is 0.247 e. The molecule has 4 aromatic rings. The zero-order valence-corrected chi connectivity index (χ0v) is 17.5. The topological polar surface area (TPSA) is 84.0 Å². The number of anilines is 1. The van der Waals surface area contributed by atoms with E-state index in [-0.39, 0.29) is 5.91 Å². The first-order valence-electron chi connectivity index (χ1n) is 9.50. The molecule has 0 radical (unpaired) electrons. The molecule has 1 atom stereocenters. The third-order valence-corrected chi connectivity index (χ3v) is 5.76. The number of aryl methyl sites for hydroxylation is 1. The maximum Gasteiger partial charge on any atom is 0.247 e. The van der Waals surface area contributed by atoms with Crippen LogP contribution in [0.5, 0.6) is 5.88 Å². The highest BCUT2D eigenvalue weighted by Gasteiger charge is 2.36. The maximum atomic E-state index is 12.9. The number of thioether (sulfide) groups is 1. The van der Waals surface area contributed by atoms with Crippen molar-refractivity contribution in [3.05, 3.63) is 59.8 Å². The largest absolute Gasteiger partial charge is 0.447 e. The molecule has 0 spiro atoms. The Morgan fingerprint density at radius 1 is 1.13 bits per heavy atom. The zero-order chi connectivity index (χ0) is 20.8. The van der Waals surface area contributed by atoms with Crippen LogP contribution in [0.1, 0.15) is 24.4 Å². The lowest BCUT2D eigenvalue weighted by Gasteiger charge is -2.30. The molecule has 1 aliphatic heterocycles. The van der Waals surface area contributed by atoms with E-state index in [2.05, 4.69) is 20.2 Å². The normalized spacial score (nSPS) is 15.3. The number of nitrogens with one attached hydrogen (secondary N) is 1. The van der Waals surface area contributed by atoms with Gasteiger partial charge in [0.2, 0.25) is 23.2 Å². The van der Waals surface area contributed by atoms with Gasteiger partial charge < -0.3 is 9.72 Å². The van der Waals surface area contributed by atoms with Crippen LogP contribution in [-0.4, -0.2) is 32.3 Å². The third-order valence-electron chi connectivity index (χ3n) is 5.22. The quantitative estimate of drug-likeness (QED) is 0.484. The Balaban J connectivity index is 1.82. The van der Waals surface area contributed by atoms with Gasteiger partial charge >= 0.3 is 0 Å². The number of para-hydroxylation sites is 2. The Labute approximate surface area is 177 Å². The predicted molar refractivity (Wildman–Crippen MR) is 117 cm³/mol. The highest BCUT2D eigenvalue weighted by Crippen LogP contribution is 2.45. The van der Waals surface area contributed by atoms with Gasteiger partial charge in [0.15, 0.2) is 5.69 Å². The number of benzene rings is 2. The fraction of sp³-hybridized carbons (Fsp3) is 0.182. The summed E-state index contributed by atoms with van der Waals surface area (Å²) in [4.78, 5) is 22.6. The van der Waals surface area contributed by atoms with Crippen molar-refractivity contribution in [3.8, 4) is 17.1 Å². The molecular weight excluding hydrogens is 398 g/mol. The minimum Gasteiger partial charge on any atom is -0.447 e. The van der Waals surface area contributed by atoms with Crippen molar-refractivity contribution in [1.29, 1.82) is 0 Å². The van der Waals surface area contributed by atoms with Crippen molar-refractivity contribution in [1.82, 2.24) is 20.2 Å². The number of hydrogen-bond acceptors (Lipinski definition) is 6. The van der Waals surface area contributed by atoms with Gasteiger partial charge in [0.25, 0.3) is 0 Å². The second kappa shape index (κ2) is 7.14. The maximum absolute atomic E-state index is 12.9. The van der Waals surface area contributed by atoms with Crippen LogP contribution in [0.15, 0.2) is 53.7 Å². The summed E-state index contributed by atoms with van der Waals surface area (Å²) in [5.74, 6) is 0.225. The molecule has 8 heteroatoms. The monoisotopic (exact) mass is 417 g/mol. The number of aromatic nitrogens is 4. The molecule has 7 nitrogen and oxygen atoms in total. The summed E-state index contributed by atoms with van der Waals surface area (Å²) >= 11 is 1.39. The average molecular weight is 417 g/mol. The number of amides is 1. The number of aromatic amines is 1. The summed E-state index contributed by atoms with van der Waals surface area (Å²) in [6, 6.07) is 15.6. The average Bonchev–Trinajstić information content (AvgIpc) is 3.01. The molecule has 0 saturated carbocycles. The highest BCUT2D eigenvalue weighted by molar-refractivity contribution is 7.98. The second-order valence-corrected chi connectivity index (χ2v) is 7.81. The molecule has 2 aromatic heterocycles. The van der Waals surface area contributed by atoms with Crippen LogP contribution >= 0.6 is 11.8 Å². The number of H-pyrrole nitrogens is 1. The van der Waals surface area contributed by atoms with Gasteiger partial charge in [0, 0.05) is 34.6 Å². The highest BCUT2D eigenvalue weighted by atomic mass is 32.2. The van der Waals surface area contributed by atoms with E-state index in [4.69, 9.17) is 4.74 Å². The van der Waals surface area contributed by atoms with E-state index in [0.717, 1.165) is 27.7 Å². The standard InChI is InChI=1S/C22H19N5O2S/c1-12-18(14-8-4-6-10-16(14)23-12)21-27(13(2)28)17-11-7-5-9-15(17)19-20(29-21)24-22(30-3)26-25-19/h4-11,21,23H,1-3H3/t21-/m1/s1. The van der Waals surface area contributed by atoms with Gasteiger partial charge in [0.1, 0.15) is 0 Å². The summed E-state index contributed by atoms with van der Waals surface area (Å²) in [5.41, 5.74) is 4.81. The molecule has 3 heterocycles. The summed E-state index contributed by atoms with van der Waals surface area (Å²) in [7, 11) is 0. The number of hydrogen-bond donors (Lipinski definition) is 1. The Morgan fingerprint density at radius 3 is 2.70 bits per heavy atom. The van der Waals surface area contributed by atoms with E-state index < -0.39 is 6.23 Å². The van der Waals surface area contributed by atoms with E-state index in [0.29, 0.717) is 22.4 Å². The molecule has 0 aliphatic carbocycles. The van der Waals surface area contributed by atoms with Gasteiger partial charge in [-0.25, -0.2) is 0 Å². The van der Waals surface area contributed by atoms with Gasteiger partial charge in [0.05, 0.1) is 5.69 Å². The number of carbonyl (C=O) groups is 1. The van der Waals surface area contributed by atoms with Crippen LogP contribution in [0.3, 0.4) is 0 Å². The van der Waals surface area contributed by atoms with E-state index >= 15 is 0 Å². The number of nitrogens with zero attached hydrogens (tertiary/aromatic N) is 4. The van der Waals surface area contributed by atoms with Crippen molar-refractivity contribution in [3.63, 3.8) is 0 Å². The van der Waals surface area contributed by atoms with Gasteiger partial charge in [-0.1, -0.05) is 48.2 Å². The van der Waals surface area contributed by atoms with Gasteiger partial charge in [-0.3, -0.25) is 9.69 Å². The Morgan fingerprint density at radius 2 is 1.90 bits per heavy atom. The molecule has 1 aliphatic rings. The van der Waals surface area contributed by atoms with Crippen molar-refractivity contribution in [2.75, 3.05) is 11.2 Å². The molecule has 30 heavy (non-hydrogen) atoms. The Kier molecular flexibility index (Phi) is 4.43. The second-order valence-electron chi connectivity index (χ2n) is 7.04. The fourth-order valence-electron chi connectivity index (χ4n) is 3.94. The summed E-state index contributed by atoms with van der Waals surface area (Å²) in [5, 5.41) is 10.1. The molecular formula is C22H19N5O2S. The molecule has 150 valence electrons. The van der Waals surface area contributed by atoms with Crippen LogP contribution in [0.25, 0.3) is 22.2 Å². The van der Waals surface area contributed by atoms with Crippen molar-refractivity contribution in [2.45, 2.75) is 25.2 Å². The Hall–Kier alpha value is -3.39. The molecule has 0 saturated heterocycles. The summed E-state index contributed by atoms with van der Waals surface area (Å²) in [6.07, 6.45) is 1.18. The first-order valence-corrected chi connectivity index (χ1v) is 10.7. The molecule has 0 bridgehead atoms. The summed E-state index contributed by atoms with van der Waals surface area (Å²) in [6.45, 7) is 3.53. The van der Waals surface area contributed by atoms with Gasteiger partial charge in [-0.05, 0) is 25.3 Å². The van der Waals surface area contributed by atoms with E-state index in [1.807, 2.05) is 61.7 Å². The molecule has 0 unspecified atom stereocenters. The van der Waals surface area contributed by atoms with Crippen LogP contribution in [0, 0.1) is 6.92 Å². The van der Waals surface area contributed by atoms with Crippen LogP contribution in [0.4, 0.5) is 5.69 Å². The number of rotatable bonds is 2. The molecule has 2 aromatic carbocycles. The van der Waals surface area contributed by atoms with E-state index in [1.165, 1.54) is 11.8 Å². The first-order chi connectivity index (χ1) is 14.6. The van der Waals surface area contributed by atoms with E-state index in [1.54, 1.807) is 11.8 Å². The molecule has 1 amide bonds. The predicted octanol–water partition coefficient (Wildman–Crippen LogP) is 4.49. The zero-order valence-electron chi connectivity index (χ0n) is 16.7. The fourth-order valence-corrected chi connectivity index (χ4v) is 4.24. The molecule has 0 fully saturated rings. The molecule has 5 rings (SSSR count). The van der Waals surface area contributed by atoms with Crippen molar-refractivity contribution >= 4 is 34.3 Å². The van der Waals surface area contributed by atoms with Gasteiger partial charge in [-0.15, -0.1) is 10.2 Å². The van der Waals surface area contributed by atoms with E-state index in [9.17, 15) is 4.79 Å². The lowest BCUT2D eigenvalue weighted by molar-refractivity contribution is -0.118. The van der Waals surface area contributed by atoms with Crippen LogP contribution < -0.4 is 9.64 Å². The Bertz CT molecular complexity index is 1290. The number of fused-ring (bicyclic) bond motifs is 4. The summed E-state index contributed by atoms with van der Waals surface area (Å²) < 4.78 is 6.45. The number of carbonyl (C=O) groups excluding carboxylic acids is 1. The lowest BCUT2D eigenvalue weighted by atomic mass is 10.1. The number of ether oxygens (including phenoxy) is 1. The lowest BCUT2D eigenvalue weighted by Crippen LogP contribution is -2.36.